The Morgan fingerprint density at radius 3 is 2.61 bits per heavy atom. The Hall–Kier alpha value is -2.99. The van der Waals surface area contributed by atoms with Crippen LogP contribution in [0.3, 0.4) is 0 Å². The molecule has 3 aromatic rings. The molecule has 1 aromatic heterocycles. The average Bonchev–Trinajstić information content (AvgIpc) is 3.75. The van der Waals surface area contributed by atoms with Crippen LogP contribution in [0.5, 0.6) is 0 Å². The number of carbonyl (C=O) groups is 1. The van der Waals surface area contributed by atoms with Crippen molar-refractivity contribution in [3.8, 4) is 5.69 Å². The lowest BCUT2D eigenvalue weighted by Crippen LogP contribution is -2.35. The van der Waals surface area contributed by atoms with Gasteiger partial charge >= 0.3 is 0 Å². The molecule has 0 atom stereocenters. The number of nitrogens with zero attached hydrogens (tertiary/aromatic N) is 4. The standard InChI is InChI=1S/C27H29FN4O/c28-21-6-4-5-19(15-21)16-30-14-13-26-24(17-30)25(29-32(26)23-7-2-1-3-8-23)18-31(22-11-12-22)27(33)20-9-10-20/h1-8,15,20,22H,9-14,16-18H2. The maximum Gasteiger partial charge on any atom is 0.226 e. The van der Waals surface area contributed by atoms with Gasteiger partial charge in [0, 0.05) is 43.6 Å². The van der Waals surface area contributed by atoms with Crippen molar-refractivity contribution >= 4 is 5.91 Å². The van der Waals surface area contributed by atoms with E-state index in [1.54, 1.807) is 12.1 Å². The first-order valence-electron chi connectivity index (χ1n) is 12.1. The van der Waals surface area contributed by atoms with Crippen molar-refractivity contribution in [3.63, 3.8) is 0 Å². The molecule has 6 heteroatoms. The molecule has 2 fully saturated rings. The Balaban J connectivity index is 1.32. The van der Waals surface area contributed by atoms with Gasteiger partial charge in [-0.05, 0) is 55.5 Å². The van der Waals surface area contributed by atoms with Gasteiger partial charge in [0.1, 0.15) is 5.82 Å². The van der Waals surface area contributed by atoms with E-state index in [-0.39, 0.29) is 11.7 Å². The first-order valence-corrected chi connectivity index (χ1v) is 12.1. The van der Waals surface area contributed by atoms with Crippen LogP contribution in [0.2, 0.25) is 0 Å². The molecule has 0 unspecified atom stereocenters. The summed E-state index contributed by atoms with van der Waals surface area (Å²) in [6.07, 6.45) is 5.14. The van der Waals surface area contributed by atoms with Gasteiger partial charge < -0.3 is 4.90 Å². The fourth-order valence-electron chi connectivity index (χ4n) is 4.98. The predicted octanol–water partition coefficient (Wildman–Crippen LogP) is 4.47. The van der Waals surface area contributed by atoms with E-state index in [4.69, 9.17) is 5.10 Å². The highest BCUT2D eigenvalue weighted by Gasteiger charge is 2.41. The topological polar surface area (TPSA) is 41.4 Å². The molecular formula is C27H29FN4O. The molecule has 1 amide bonds. The van der Waals surface area contributed by atoms with Crippen LogP contribution < -0.4 is 0 Å². The van der Waals surface area contributed by atoms with E-state index >= 15 is 0 Å². The van der Waals surface area contributed by atoms with E-state index < -0.39 is 0 Å². The quantitative estimate of drug-likeness (QED) is 0.540. The highest BCUT2D eigenvalue weighted by atomic mass is 19.1. The van der Waals surface area contributed by atoms with Crippen molar-refractivity contribution in [2.24, 2.45) is 5.92 Å². The Morgan fingerprint density at radius 2 is 1.88 bits per heavy atom. The van der Waals surface area contributed by atoms with Crippen LogP contribution in [0.15, 0.2) is 54.6 Å². The zero-order valence-electron chi connectivity index (χ0n) is 18.8. The fourth-order valence-corrected chi connectivity index (χ4v) is 4.98. The molecule has 0 saturated heterocycles. The summed E-state index contributed by atoms with van der Waals surface area (Å²) in [5, 5.41) is 5.07. The lowest BCUT2D eigenvalue weighted by Gasteiger charge is -2.28. The smallest absolute Gasteiger partial charge is 0.226 e. The third kappa shape index (κ3) is 4.32. The number of aromatic nitrogens is 2. The van der Waals surface area contributed by atoms with Gasteiger partial charge in [-0.3, -0.25) is 9.69 Å². The van der Waals surface area contributed by atoms with Crippen molar-refractivity contribution in [1.82, 2.24) is 19.6 Å². The first-order chi connectivity index (χ1) is 16.2. The Bertz CT molecular complexity index is 1170. The Kier molecular flexibility index (Phi) is 5.25. The summed E-state index contributed by atoms with van der Waals surface area (Å²) in [6, 6.07) is 17.5. The number of halogens is 1. The van der Waals surface area contributed by atoms with Crippen LogP contribution in [0.25, 0.3) is 5.69 Å². The predicted molar refractivity (Wildman–Crippen MR) is 124 cm³/mol. The van der Waals surface area contributed by atoms with E-state index in [0.29, 0.717) is 25.0 Å². The molecule has 0 spiro atoms. The highest BCUT2D eigenvalue weighted by Crippen LogP contribution is 2.37. The molecule has 170 valence electrons. The van der Waals surface area contributed by atoms with E-state index in [1.165, 1.54) is 17.3 Å². The third-order valence-electron chi connectivity index (χ3n) is 7.03. The molecule has 0 N–H and O–H groups in total. The number of benzene rings is 2. The lowest BCUT2D eigenvalue weighted by atomic mass is 10.0. The zero-order valence-corrected chi connectivity index (χ0v) is 18.8. The van der Waals surface area contributed by atoms with E-state index in [2.05, 4.69) is 26.6 Å². The second kappa shape index (κ2) is 8.41. The van der Waals surface area contributed by atoms with Gasteiger partial charge in [-0.25, -0.2) is 9.07 Å². The van der Waals surface area contributed by atoms with Crippen molar-refractivity contribution < 1.29 is 9.18 Å². The van der Waals surface area contributed by atoms with E-state index in [1.807, 2.05) is 24.3 Å². The summed E-state index contributed by atoms with van der Waals surface area (Å²) < 4.78 is 15.8. The summed E-state index contributed by atoms with van der Waals surface area (Å²) >= 11 is 0. The molecule has 5 nitrogen and oxygen atoms in total. The number of hydrogen-bond donors (Lipinski definition) is 0. The number of amides is 1. The number of hydrogen-bond acceptors (Lipinski definition) is 3. The number of para-hydroxylation sites is 1. The maximum atomic E-state index is 13.7. The third-order valence-corrected chi connectivity index (χ3v) is 7.03. The summed E-state index contributed by atoms with van der Waals surface area (Å²) in [6.45, 7) is 2.97. The van der Waals surface area contributed by atoms with Crippen LogP contribution in [0, 0.1) is 11.7 Å². The summed E-state index contributed by atoms with van der Waals surface area (Å²) in [7, 11) is 0. The molecule has 33 heavy (non-hydrogen) atoms. The molecule has 2 aromatic carbocycles. The van der Waals surface area contributed by atoms with Crippen LogP contribution in [-0.4, -0.2) is 38.1 Å². The zero-order chi connectivity index (χ0) is 22.4. The molecule has 0 radical (unpaired) electrons. The van der Waals surface area contributed by atoms with Crippen molar-refractivity contribution in [1.29, 1.82) is 0 Å². The van der Waals surface area contributed by atoms with Crippen molar-refractivity contribution in [2.75, 3.05) is 6.54 Å². The van der Waals surface area contributed by atoms with Gasteiger partial charge in [0.15, 0.2) is 0 Å². The average molecular weight is 445 g/mol. The molecule has 6 rings (SSSR count). The monoisotopic (exact) mass is 444 g/mol. The van der Waals surface area contributed by atoms with E-state index in [0.717, 1.165) is 62.1 Å². The summed E-state index contributed by atoms with van der Waals surface area (Å²) in [4.78, 5) is 17.5. The van der Waals surface area contributed by atoms with Crippen LogP contribution >= 0.6 is 0 Å². The van der Waals surface area contributed by atoms with Gasteiger partial charge in [0.2, 0.25) is 5.91 Å². The van der Waals surface area contributed by atoms with Gasteiger partial charge in [0.05, 0.1) is 23.6 Å². The minimum absolute atomic E-state index is 0.193. The molecule has 0 bridgehead atoms. The largest absolute Gasteiger partial charge is 0.333 e. The highest BCUT2D eigenvalue weighted by molar-refractivity contribution is 5.81. The van der Waals surface area contributed by atoms with Crippen LogP contribution in [0.4, 0.5) is 4.39 Å². The fraction of sp³-hybridized carbons (Fsp3) is 0.407. The SMILES string of the molecule is O=C(C1CC1)N(Cc1nn(-c2ccccc2)c2c1CN(Cc1cccc(F)c1)CC2)C1CC1. The minimum atomic E-state index is -0.193. The molecule has 2 saturated carbocycles. The Morgan fingerprint density at radius 1 is 1.06 bits per heavy atom. The van der Waals surface area contributed by atoms with Gasteiger partial charge in [-0.2, -0.15) is 5.10 Å². The number of fused-ring (bicyclic) bond motifs is 1. The second-order valence-electron chi connectivity index (χ2n) is 9.68. The summed E-state index contributed by atoms with van der Waals surface area (Å²) in [5.74, 6) is 0.344. The number of carbonyl (C=O) groups excluding carboxylic acids is 1. The summed E-state index contributed by atoms with van der Waals surface area (Å²) in [5.41, 5.74) is 5.53. The minimum Gasteiger partial charge on any atom is -0.333 e. The molecule has 2 aliphatic carbocycles. The normalized spacial score (nSPS) is 18.2. The Labute approximate surface area is 193 Å². The van der Waals surface area contributed by atoms with Crippen LogP contribution in [-0.2, 0) is 30.8 Å². The van der Waals surface area contributed by atoms with Gasteiger partial charge in [-0.15, -0.1) is 0 Å². The van der Waals surface area contributed by atoms with Gasteiger partial charge in [-0.1, -0.05) is 30.3 Å². The number of rotatable bonds is 7. The lowest BCUT2D eigenvalue weighted by molar-refractivity contribution is -0.133. The first kappa shape index (κ1) is 20.6. The molecule has 2 heterocycles. The molecule has 1 aliphatic heterocycles. The second-order valence-corrected chi connectivity index (χ2v) is 9.68. The van der Waals surface area contributed by atoms with E-state index in [9.17, 15) is 9.18 Å². The van der Waals surface area contributed by atoms with Crippen LogP contribution in [0.1, 0.15) is 48.2 Å². The van der Waals surface area contributed by atoms with Gasteiger partial charge in [0.25, 0.3) is 0 Å². The maximum absolute atomic E-state index is 13.7. The van der Waals surface area contributed by atoms with Crippen molar-refractivity contribution in [2.45, 2.75) is 57.8 Å². The molecular weight excluding hydrogens is 415 g/mol. The molecule has 3 aliphatic rings. The van der Waals surface area contributed by atoms with Crippen molar-refractivity contribution in [3.05, 3.63) is 82.9 Å².